The summed E-state index contributed by atoms with van der Waals surface area (Å²) in [5, 5.41) is 12.0. The summed E-state index contributed by atoms with van der Waals surface area (Å²) in [7, 11) is 0. The van der Waals surface area contributed by atoms with Gasteiger partial charge in [-0.3, -0.25) is 19.8 Å². The molecule has 4 rings (SSSR count). The third-order valence-electron chi connectivity index (χ3n) is 5.06. The van der Waals surface area contributed by atoms with Gasteiger partial charge in [-0.05, 0) is 92.3 Å². The van der Waals surface area contributed by atoms with E-state index in [0.717, 1.165) is 17.1 Å². The Kier molecular flexibility index (Phi) is 5.16. The maximum atomic E-state index is 13.3. The Morgan fingerprint density at radius 1 is 1.00 bits per heavy atom. The van der Waals surface area contributed by atoms with Crippen LogP contribution in [0, 0.1) is 19.7 Å². The van der Waals surface area contributed by atoms with Crippen molar-refractivity contribution in [2.75, 3.05) is 4.90 Å². The molecule has 1 aliphatic rings. The van der Waals surface area contributed by atoms with Gasteiger partial charge < -0.3 is 9.67 Å². The lowest BCUT2D eigenvalue weighted by molar-refractivity contribution is -0.122. The van der Waals surface area contributed by atoms with Gasteiger partial charge in [0.25, 0.3) is 11.8 Å². The molecular formula is C23H18FN3O3S. The molecule has 0 radical (unpaired) electrons. The van der Waals surface area contributed by atoms with Crippen molar-refractivity contribution < 1.29 is 19.1 Å². The van der Waals surface area contributed by atoms with Crippen LogP contribution in [0.15, 0.2) is 60.2 Å². The monoisotopic (exact) mass is 435 g/mol. The van der Waals surface area contributed by atoms with E-state index in [4.69, 9.17) is 12.2 Å². The number of anilines is 1. The minimum atomic E-state index is -0.595. The molecule has 2 amide bonds. The largest absolute Gasteiger partial charge is 0.508 e. The summed E-state index contributed by atoms with van der Waals surface area (Å²) >= 11 is 5.17. The molecule has 31 heavy (non-hydrogen) atoms. The molecule has 1 saturated heterocycles. The molecule has 2 N–H and O–H groups in total. The number of aromatic nitrogens is 1. The lowest BCUT2D eigenvalue weighted by Gasteiger charge is -2.28. The number of nitrogens with one attached hydrogen (secondary N) is 1. The van der Waals surface area contributed by atoms with Gasteiger partial charge in [-0.15, -0.1) is 0 Å². The maximum absolute atomic E-state index is 13.3. The number of benzene rings is 2. The molecule has 0 aliphatic carbocycles. The van der Waals surface area contributed by atoms with E-state index >= 15 is 0 Å². The predicted octanol–water partition coefficient (Wildman–Crippen LogP) is 3.77. The molecule has 0 saturated carbocycles. The Morgan fingerprint density at radius 3 is 2.26 bits per heavy atom. The summed E-state index contributed by atoms with van der Waals surface area (Å²) in [6, 6.07) is 13.9. The molecule has 1 fully saturated rings. The second-order valence-electron chi connectivity index (χ2n) is 7.11. The molecule has 0 unspecified atom stereocenters. The number of hydrogen-bond acceptors (Lipinski definition) is 4. The lowest BCUT2D eigenvalue weighted by atomic mass is 10.1. The van der Waals surface area contributed by atoms with Crippen molar-refractivity contribution >= 4 is 40.9 Å². The number of aryl methyl sites for hydroxylation is 1. The van der Waals surface area contributed by atoms with Gasteiger partial charge in [-0.1, -0.05) is 0 Å². The van der Waals surface area contributed by atoms with E-state index < -0.39 is 17.6 Å². The van der Waals surface area contributed by atoms with Gasteiger partial charge in [-0.25, -0.2) is 4.39 Å². The number of rotatable bonds is 3. The number of hydrogen-bond donors (Lipinski definition) is 2. The van der Waals surface area contributed by atoms with Crippen molar-refractivity contribution in [2.24, 2.45) is 0 Å². The Balaban J connectivity index is 1.75. The molecule has 3 aromatic rings. The molecule has 6 nitrogen and oxygen atoms in total. The highest BCUT2D eigenvalue weighted by Crippen LogP contribution is 2.26. The van der Waals surface area contributed by atoms with Crippen molar-refractivity contribution in [3.63, 3.8) is 0 Å². The van der Waals surface area contributed by atoms with E-state index in [1.807, 2.05) is 24.5 Å². The normalized spacial score (nSPS) is 15.5. The zero-order chi connectivity index (χ0) is 22.3. The predicted molar refractivity (Wildman–Crippen MR) is 120 cm³/mol. The Hall–Kier alpha value is -3.78. The van der Waals surface area contributed by atoms with Crippen LogP contribution in [0.1, 0.15) is 17.0 Å². The van der Waals surface area contributed by atoms with Gasteiger partial charge in [-0.2, -0.15) is 0 Å². The van der Waals surface area contributed by atoms with Crippen LogP contribution in [-0.2, 0) is 9.59 Å². The van der Waals surface area contributed by atoms with Crippen LogP contribution in [0.3, 0.4) is 0 Å². The first-order valence-corrected chi connectivity index (χ1v) is 9.82. The number of phenolic OH excluding ortho intramolecular Hbond substituents is 1. The van der Waals surface area contributed by atoms with E-state index in [-0.39, 0.29) is 16.4 Å². The lowest BCUT2D eigenvalue weighted by Crippen LogP contribution is -2.54. The zero-order valence-electron chi connectivity index (χ0n) is 16.7. The SMILES string of the molecule is Cc1cc(/C=C2\C(=O)NC(=S)N(c3ccc(F)cc3)C2=O)c(C)n1-c1ccc(O)cc1. The van der Waals surface area contributed by atoms with Gasteiger partial charge in [0.2, 0.25) is 0 Å². The number of amides is 2. The number of aromatic hydroxyl groups is 1. The number of thiocarbonyl (C=S) groups is 1. The molecule has 156 valence electrons. The molecule has 2 aromatic carbocycles. The van der Waals surface area contributed by atoms with Crippen LogP contribution in [-0.4, -0.2) is 26.6 Å². The summed E-state index contributed by atoms with van der Waals surface area (Å²) in [5.74, 6) is -1.46. The summed E-state index contributed by atoms with van der Waals surface area (Å²) in [5.41, 5.74) is 3.52. The zero-order valence-corrected chi connectivity index (χ0v) is 17.5. The first-order valence-electron chi connectivity index (χ1n) is 9.41. The van der Waals surface area contributed by atoms with Gasteiger partial charge in [0.1, 0.15) is 17.1 Å². The van der Waals surface area contributed by atoms with E-state index in [2.05, 4.69) is 5.32 Å². The van der Waals surface area contributed by atoms with Gasteiger partial charge >= 0.3 is 0 Å². The molecular weight excluding hydrogens is 417 g/mol. The summed E-state index contributed by atoms with van der Waals surface area (Å²) in [6.07, 6.45) is 1.52. The molecule has 1 aliphatic heterocycles. The third-order valence-corrected chi connectivity index (χ3v) is 5.35. The van der Waals surface area contributed by atoms with E-state index in [1.165, 1.54) is 35.2 Å². The average Bonchev–Trinajstić information content (AvgIpc) is 3.00. The minimum Gasteiger partial charge on any atom is -0.508 e. The fraction of sp³-hybridized carbons (Fsp3) is 0.0870. The van der Waals surface area contributed by atoms with Crippen LogP contribution in [0.4, 0.5) is 10.1 Å². The highest BCUT2D eigenvalue weighted by atomic mass is 32.1. The molecule has 0 spiro atoms. The van der Waals surface area contributed by atoms with Crippen LogP contribution >= 0.6 is 12.2 Å². The highest BCUT2D eigenvalue weighted by molar-refractivity contribution is 7.80. The Bertz CT molecular complexity index is 1240. The second-order valence-corrected chi connectivity index (χ2v) is 7.50. The number of nitrogens with zero attached hydrogens (tertiary/aromatic N) is 2. The van der Waals surface area contributed by atoms with Crippen LogP contribution in [0.5, 0.6) is 5.75 Å². The average molecular weight is 435 g/mol. The quantitative estimate of drug-likeness (QED) is 0.373. The summed E-state index contributed by atoms with van der Waals surface area (Å²) < 4.78 is 15.2. The standard InChI is InChI=1S/C23H18FN3O3S/c1-13-11-15(14(2)26(13)17-7-9-19(28)10-8-17)12-20-21(29)25-23(31)27(22(20)30)18-5-3-16(24)4-6-18/h3-12,28H,1-2H3,(H,25,29,31)/b20-12+. The number of phenols is 1. The second kappa shape index (κ2) is 7.81. The van der Waals surface area contributed by atoms with Crippen molar-refractivity contribution in [3.8, 4) is 11.4 Å². The Morgan fingerprint density at radius 2 is 1.61 bits per heavy atom. The third kappa shape index (κ3) is 3.73. The van der Waals surface area contributed by atoms with Gasteiger partial charge in [0.15, 0.2) is 5.11 Å². The molecule has 2 heterocycles. The van der Waals surface area contributed by atoms with Crippen LogP contribution < -0.4 is 10.2 Å². The fourth-order valence-corrected chi connectivity index (χ4v) is 3.85. The molecule has 8 heteroatoms. The number of carbonyl (C=O) groups is 2. The van der Waals surface area contributed by atoms with Gasteiger partial charge in [0.05, 0.1) is 5.69 Å². The Labute approximate surface area is 183 Å². The van der Waals surface area contributed by atoms with Crippen molar-refractivity contribution in [1.82, 2.24) is 9.88 Å². The minimum absolute atomic E-state index is 0.0617. The highest BCUT2D eigenvalue weighted by Gasteiger charge is 2.34. The topological polar surface area (TPSA) is 74.6 Å². The van der Waals surface area contributed by atoms with E-state index in [1.54, 1.807) is 24.3 Å². The first kappa shape index (κ1) is 20.5. The van der Waals surface area contributed by atoms with E-state index in [0.29, 0.717) is 11.3 Å². The van der Waals surface area contributed by atoms with Crippen molar-refractivity contribution in [3.05, 3.63) is 82.9 Å². The smallest absolute Gasteiger partial charge is 0.270 e. The first-order chi connectivity index (χ1) is 14.8. The summed E-state index contributed by atoms with van der Waals surface area (Å²) in [6.45, 7) is 3.78. The molecule has 1 aromatic heterocycles. The molecule has 0 atom stereocenters. The molecule has 0 bridgehead atoms. The van der Waals surface area contributed by atoms with E-state index in [9.17, 15) is 19.1 Å². The van der Waals surface area contributed by atoms with Crippen molar-refractivity contribution in [2.45, 2.75) is 13.8 Å². The van der Waals surface area contributed by atoms with Crippen LogP contribution in [0.25, 0.3) is 11.8 Å². The van der Waals surface area contributed by atoms with Crippen LogP contribution in [0.2, 0.25) is 0 Å². The number of halogens is 1. The maximum Gasteiger partial charge on any atom is 0.270 e. The summed E-state index contributed by atoms with van der Waals surface area (Å²) in [4.78, 5) is 26.8. The fourth-order valence-electron chi connectivity index (χ4n) is 3.57. The van der Waals surface area contributed by atoms with Crippen molar-refractivity contribution in [1.29, 1.82) is 0 Å². The van der Waals surface area contributed by atoms with Gasteiger partial charge in [0, 0.05) is 17.1 Å². The number of carbonyl (C=O) groups excluding carboxylic acids is 2.